The van der Waals surface area contributed by atoms with Crippen LogP contribution in [0.5, 0.6) is 0 Å². The molecule has 0 saturated carbocycles. The maximum absolute atomic E-state index is 12.0. The molecule has 2 heterocycles. The molecule has 0 spiro atoms. The highest BCUT2D eigenvalue weighted by atomic mass is 35.5. The van der Waals surface area contributed by atoms with Gasteiger partial charge < -0.3 is 20.3 Å². The molecule has 2 N–H and O–H groups in total. The van der Waals surface area contributed by atoms with Crippen LogP contribution in [0.2, 0.25) is 5.02 Å². The summed E-state index contributed by atoms with van der Waals surface area (Å²) >= 11 is 6.21. The van der Waals surface area contributed by atoms with Crippen LogP contribution in [0.1, 0.15) is 13.3 Å². The van der Waals surface area contributed by atoms with Gasteiger partial charge in [0.2, 0.25) is 11.9 Å². The number of anilines is 2. The van der Waals surface area contributed by atoms with Crippen molar-refractivity contribution in [2.24, 2.45) is 0 Å². The van der Waals surface area contributed by atoms with Gasteiger partial charge in [-0.3, -0.25) is 4.79 Å². The first-order valence-corrected chi connectivity index (χ1v) is 7.37. The van der Waals surface area contributed by atoms with E-state index in [9.17, 15) is 4.79 Å². The summed E-state index contributed by atoms with van der Waals surface area (Å²) < 4.78 is 5.39. The number of carbonyl (C=O) groups is 1. The molecule has 7 nitrogen and oxygen atoms in total. The van der Waals surface area contributed by atoms with Gasteiger partial charge in [-0.05, 0) is 6.42 Å². The van der Waals surface area contributed by atoms with E-state index in [1.165, 1.54) is 0 Å². The van der Waals surface area contributed by atoms with Crippen LogP contribution in [-0.2, 0) is 9.53 Å². The Bertz CT molecular complexity index is 499. The van der Waals surface area contributed by atoms with Gasteiger partial charge in [0.1, 0.15) is 11.1 Å². The Morgan fingerprint density at radius 3 is 3.14 bits per heavy atom. The van der Waals surface area contributed by atoms with Crippen molar-refractivity contribution in [3.8, 4) is 0 Å². The van der Waals surface area contributed by atoms with Crippen molar-refractivity contribution in [2.45, 2.75) is 19.4 Å². The minimum Gasteiger partial charge on any atom is -0.377 e. The summed E-state index contributed by atoms with van der Waals surface area (Å²) in [5.41, 5.74) is 0. The highest BCUT2D eigenvalue weighted by molar-refractivity contribution is 6.32. The van der Waals surface area contributed by atoms with E-state index >= 15 is 0 Å². The Kier molecular flexibility index (Phi) is 5.58. The predicted octanol–water partition coefficient (Wildman–Crippen LogP) is 0.903. The number of rotatable bonds is 5. The zero-order valence-electron chi connectivity index (χ0n) is 12.2. The van der Waals surface area contributed by atoms with Gasteiger partial charge in [0.05, 0.1) is 19.4 Å². The SMILES string of the molecule is CCCNc1ncc(Cl)c(N2CCOCC2C(=O)NC)n1. The van der Waals surface area contributed by atoms with Crippen LogP contribution in [0, 0.1) is 0 Å². The largest absolute Gasteiger partial charge is 0.377 e. The van der Waals surface area contributed by atoms with Gasteiger partial charge in [-0.1, -0.05) is 18.5 Å². The highest BCUT2D eigenvalue weighted by Crippen LogP contribution is 2.27. The summed E-state index contributed by atoms with van der Waals surface area (Å²) in [7, 11) is 1.60. The Morgan fingerprint density at radius 1 is 1.62 bits per heavy atom. The molecule has 8 heteroatoms. The lowest BCUT2D eigenvalue weighted by Gasteiger charge is -2.35. The van der Waals surface area contributed by atoms with E-state index in [-0.39, 0.29) is 5.91 Å². The molecule has 2 rings (SSSR count). The standard InChI is InChI=1S/C13H20ClN5O2/c1-3-4-16-13-17-7-9(14)11(18-13)19-5-6-21-8-10(19)12(20)15-2/h7,10H,3-6,8H2,1-2H3,(H,15,20)(H,16,17,18). The number of amides is 1. The van der Waals surface area contributed by atoms with Crippen LogP contribution in [0.25, 0.3) is 0 Å². The number of likely N-dealkylation sites (N-methyl/N-ethyl adjacent to an activating group) is 1. The van der Waals surface area contributed by atoms with E-state index in [0.717, 1.165) is 13.0 Å². The first-order valence-electron chi connectivity index (χ1n) is 6.99. The Labute approximate surface area is 129 Å². The topological polar surface area (TPSA) is 79.4 Å². The average Bonchev–Trinajstić information content (AvgIpc) is 2.53. The lowest BCUT2D eigenvalue weighted by atomic mass is 10.2. The zero-order chi connectivity index (χ0) is 15.2. The van der Waals surface area contributed by atoms with E-state index in [2.05, 4.69) is 27.5 Å². The van der Waals surface area contributed by atoms with Crippen molar-refractivity contribution in [2.75, 3.05) is 43.6 Å². The number of nitrogens with zero attached hydrogens (tertiary/aromatic N) is 3. The number of morpholine rings is 1. The summed E-state index contributed by atoms with van der Waals surface area (Å²) in [5.74, 6) is 0.952. The van der Waals surface area contributed by atoms with E-state index in [1.54, 1.807) is 13.2 Å². The fraction of sp³-hybridized carbons (Fsp3) is 0.615. The summed E-state index contributed by atoms with van der Waals surface area (Å²) in [6.07, 6.45) is 2.53. The number of halogens is 1. The molecule has 1 unspecified atom stereocenters. The van der Waals surface area contributed by atoms with Crippen LogP contribution in [0.3, 0.4) is 0 Å². The number of aromatic nitrogens is 2. The van der Waals surface area contributed by atoms with Crippen LogP contribution in [0.4, 0.5) is 11.8 Å². The van der Waals surface area contributed by atoms with Gasteiger partial charge in [-0.2, -0.15) is 4.98 Å². The number of carbonyl (C=O) groups excluding carboxylic acids is 1. The highest BCUT2D eigenvalue weighted by Gasteiger charge is 2.31. The number of hydrogen-bond acceptors (Lipinski definition) is 6. The van der Waals surface area contributed by atoms with Crippen molar-refractivity contribution in [1.29, 1.82) is 0 Å². The molecule has 1 amide bonds. The molecule has 0 aliphatic carbocycles. The molecular formula is C13H20ClN5O2. The van der Waals surface area contributed by atoms with Crippen molar-refractivity contribution >= 4 is 29.3 Å². The first-order chi connectivity index (χ1) is 10.2. The second-order valence-corrected chi connectivity index (χ2v) is 5.10. The summed E-state index contributed by atoms with van der Waals surface area (Å²) in [4.78, 5) is 22.4. The Balaban J connectivity index is 2.26. The molecule has 0 bridgehead atoms. The summed E-state index contributed by atoms with van der Waals surface area (Å²) in [6, 6.07) is -0.435. The van der Waals surface area contributed by atoms with Crippen LogP contribution in [0.15, 0.2) is 6.20 Å². The zero-order valence-corrected chi connectivity index (χ0v) is 13.0. The fourth-order valence-corrected chi connectivity index (χ4v) is 2.32. The van der Waals surface area contributed by atoms with E-state index in [4.69, 9.17) is 16.3 Å². The molecule has 116 valence electrons. The van der Waals surface area contributed by atoms with Gasteiger partial charge in [-0.15, -0.1) is 0 Å². The summed E-state index contributed by atoms with van der Waals surface area (Å²) in [5, 5.41) is 6.18. The number of nitrogens with one attached hydrogen (secondary N) is 2. The molecule has 1 saturated heterocycles. The predicted molar refractivity (Wildman–Crippen MR) is 81.8 cm³/mol. The lowest BCUT2D eigenvalue weighted by molar-refractivity contribution is -0.124. The molecular weight excluding hydrogens is 294 g/mol. The normalized spacial score (nSPS) is 18.4. The average molecular weight is 314 g/mol. The first kappa shape index (κ1) is 15.8. The van der Waals surface area contributed by atoms with Crippen molar-refractivity contribution < 1.29 is 9.53 Å². The Morgan fingerprint density at radius 2 is 2.43 bits per heavy atom. The molecule has 21 heavy (non-hydrogen) atoms. The third kappa shape index (κ3) is 3.74. The fourth-order valence-electron chi connectivity index (χ4n) is 2.12. The molecule has 1 aromatic heterocycles. The van der Waals surface area contributed by atoms with Gasteiger partial charge in [0.25, 0.3) is 0 Å². The minimum absolute atomic E-state index is 0.118. The van der Waals surface area contributed by atoms with Gasteiger partial charge >= 0.3 is 0 Å². The van der Waals surface area contributed by atoms with Crippen LogP contribution < -0.4 is 15.5 Å². The molecule has 0 radical (unpaired) electrons. The van der Waals surface area contributed by atoms with Crippen molar-refractivity contribution in [1.82, 2.24) is 15.3 Å². The quantitative estimate of drug-likeness (QED) is 0.841. The van der Waals surface area contributed by atoms with Crippen LogP contribution in [-0.4, -0.2) is 55.3 Å². The van der Waals surface area contributed by atoms with Crippen molar-refractivity contribution in [3.63, 3.8) is 0 Å². The molecule has 1 aliphatic rings. The maximum Gasteiger partial charge on any atom is 0.244 e. The number of ether oxygens (including phenoxy) is 1. The third-order valence-corrected chi connectivity index (χ3v) is 3.47. The van der Waals surface area contributed by atoms with Gasteiger partial charge in [-0.25, -0.2) is 4.98 Å². The minimum atomic E-state index is -0.435. The second-order valence-electron chi connectivity index (χ2n) is 4.69. The molecule has 0 aromatic carbocycles. The van der Waals surface area contributed by atoms with E-state index < -0.39 is 6.04 Å². The molecule has 1 atom stereocenters. The molecule has 1 fully saturated rings. The smallest absolute Gasteiger partial charge is 0.244 e. The van der Waals surface area contributed by atoms with Crippen LogP contribution >= 0.6 is 11.6 Å². The number of hydrogen-bond donors (Lipinski definition) is 2. The molecule has 1 aromatic rings. The lowest BCUT2D eigenvalue weighted by Crippen LogP contribution is -2.53. The Hall–Kier alpha value is -1.60. The summed E-state index contributed by atoms with van der Waals surface area (Å²) in [6.45, 7) is 4.25. The van der Waals surface area contributed by atoms with Gasteiger partial charge in [0, 0.05) is 20.1 Å². The monoisotopic (exact) mass is 313 g/mol. The third-order valence-electron chi connectivity index (χ3n) is 3.21. The maximum atomic E-state index is 12.0. The van der Waals surface area contributed by atoms with Gasteiger partial charge in [0.15, 0.2) is 5.82 Å². The van der Waals surface area contributed by atoms with Crippen molar-refractivity contribution in [3.05, 3.63) is 11.2 Å². The van der Waals surface area contributed by atoms with E-state index in [1.807, 2.05) is 4.90 Å². The second kappa shape index (κ2) is 7.42. The molecule has 1 aliphatic heterocycles. The van der Waals surface area contributed by atoms with E-state index in [0.29, 0.717) is 36.5 Å².